The molecule has 5 nitrogen and oxygen atoms in total. The Morgan fingerprint density at radius 3 is 2.62 bits per heavy atom. The number of nitrogens with one attached hydrogen (secondary N) is 1. The van der Waals surface area contributed by atoms with Crippen LogP contribution in [-0.2, 0) is 0 Å². The van der Waals surface area contributed by atoms with Crippen molar-refractivity contribution in [1.82, 2.24) is 10.3 Å². The second kappa shape index (κ2) is 6.91. The number of halogens is 1. The maximum absolute atomic E-state index is 9.41. The number of rotatable bonds is 2. The molecule has 1 aliphatic rings. The molecule has 0 bridgehead atoms. The van der Waals surface area contributed by atoms with E-state index in [1.165, 1.54) is 0 Å². The molecule has 1 saturated heterocycles. The van der Waals surface area contributed by atoms with Gasteiger partial charge in [0.15, 0.2) is 0 Å². The van der Waals surface area contributed by atoms with Crippen LogP contribution in [0.1, 0.15) is 5.69 Å². The van der Waals surface area contributed by atoms with Gasteiger partial charge in [0.1, 0.15) is 6.07 Å². The highest BCUT2D eigenvalue weighted by Crippen LogP contribution is 2.32. The summed E-state index contributed by atoms with van der Waals surface area (Å²) in [5.74, 6) is 1.09. The van der Waals surface area contributed by atoms with Crippen molar-refractivity contribution in [2.75, 3.05) is 31.1 Å². The predicted octanol–water partition coefficient (Wildman–Crippen LogP) is 3.20. The van der Waals surface area contributed by atoms with Gasteiger partial charge in [-0.3, -0.25) is 0 Å². The third-order valence-electron chi connectivity index (χ3n) is 4.14. The maximum atomic E-state index is 9.41. The molecule has 6 heteroatoms. The number of oxazole rings is 1. The first-order chi connectivity index (χ1) is 11.4. The molecule has 122 valence electrons. The highest BCUT2D eigenvalue weighted by Gasteiger charge is 2.22. The molecule has 24 heavy (non-hydrogen) atoms. The Labute approximate surface area is 146 Å². The first kappa shape index (κ1) is 16.3. The van der Waals surface area contributed by atoms with Gasteiger partial charge in [-0.1, -0.05) is 36.4 Å². The van der Waals surface area contributed by atoms with Gasteiger partial charge in [-0.15, -0.1) is 12.4 Å². The Balaban J connectivity index is 0.00000169. The standard InChI is InChI=1S/C18H16N4O.ClH/c19-12-16-18(22-10-8-20-9-11-22)23-17(21-16)15-7-3-5-13-4-1-2-6-14(13)15;/h1-7,20H,8-11H2;1H. The first-order valence-electron chi connectivity index (χ1n) is 7.71. The Morgan fingerprint density at radius 1 is 1.08 bits per heavy atom. The number of hydrogen-bond acceptors (Lipinski definition) is 5. The monoisotopic (exact) mass is 340 g/mol. The van der Waals surface area contributed by atoms with Crippen molar-refractivity contribution in [1.29, 1.82) is 5.26 Å². The van der Waals surface area contributed by atoms with Crippen molar-refractivity contribution in [3.05, 3.63) is 48.2 Å². The third-order valence-corrected chi connectivity index (χ3v) is 4.14. The fraction of sp³-hybridized carbons (Fsp3) is 0.222. The fourth-order valence-corrected chi connectivity index (χ4v) is 2.99. The van der Waals surface area contributed by atoms with Crippen LogP contribution in [0.15, 0.2) is 46.9 Å². The number of nitriles is 1. The maximum Gasteiger partial charge on any atom is 0.235 e. The van der Waals surface area contributed by atoms with E-state index in [0.717, 1.165) is 42.5 Å². The van der Waals surface area contributed by atoms with E-state index in [1.807, 2.05) is 30.3 Å². The number of nitrogens with zero attached hydrogens (tertiary/aromatic N) is 3. The largest absolute Gasteiger partial charge is 0.419 e. The van der Waals surface area contributed by atoms with Crippen molar-refractivity contribution in [3.8, 4) is 17.5 Å². The van der Waals surface area contributed by atoms with Crippen molar-refractivity contribution < 1.29 is 4.42 Å². The molecule has 3 aromatic rings. The van der Waals surface area contributed by atoms with Gasteiger partial charge in [0, 0.05) is 31.7 Å². The molecule has 0 saturated carbocycles. The van der Waals surface area contributed by atoms with E-state index >= 15 is 0 Å². The highest BCUT2D eigenvalue weighted by atomic mass is 35.5. The van der Waals surface area contributed by atoms with Gasteiger partial charge in [-0.05, 0) is 16.8 Å². The smallest absolute Gasteiger partial charge is 0.235 e. The molecule has 2 heterocycles. The predicted molar refractivity (Wildman–Crippen MR) is 96.5 cm³/mol. The lowest BCUT2D eigenvalue weighted by Gasteiger charge is -2.26. The highest BCUT2D eigenvalue weighted by molar-refractivity contribution is 5.94. The second-order valence-corrected chi connectivity index (χ2v) is 5.55. The molecule has 0 atom stereocenters. The molecule has 0 amide bonds. The van der Waals surface area contributed by atoms with E-state index in [1.54, 1.807) is 0 Å². The average molecular weight is 341 g/mol. The zero-order valence-corrected chi connectivity index (χ0v) is 13.8. The Morgan fingerprint density at radius 2 is 1.83 bits per heavy atom. The van der Waals surface area contributed by atoms with Crippen LogP contribution >= 0.6 is 12.4 Å². The molecule has 1 aromatic heterocycles. The number of anilines is 1. The van der Waals surface area contributed by atoms with E-state index in [2.05, 4.69) is 33.4 Å². The van der Waals surface area contributed by atoms with Crippen molar-refractivity contribution in [2.45, 2.75) is 0 Å². The van der Waals surface area contributed by atoms with E-state index < -0.39 is 0 Å². The lowest BCUT2D eigenvalue weighted by atomic mass is 10.0. The van der Waals surface area contributed by atoms with E-state index in [4.69, 9.17) is 4.42 Å². The topological polar surface area (TPSA) is 65.1 Å². The minimum absolute atomic E-state index is 0. The molecule has 1 fully saturated rings. The van der Waals surface area contributed by atoms with Crippen LogP contribution in [-0.4, -0.2) is 31.2 Å². The van der Waals surface area contributed by atoms with Crippen LogP contribution in [0.25, 0.3) is 22.2 Å². The molecule has 0 spiro atoms. The van der Waals surface area contributed by atoms with Gasteiger partial charge in [0.2, 0.25) is 17.5 Å². The minimum atomic E-state index is 0. The number of hydrogen-bond donors (Lipinski definition) is 1. The van der Waals surface area contributed by atoms with E-state index in [-0.39, 0.29) is 12.4 Å². The number of piperazine rings is 1. The molecule has 4 rings (SSSR count). The summed E-state index contributed by atoms with van der Waals surface area (Å²) in [4.78, 5) is 6.51. The van der Waals surface area contributed by atoms with Gasteiger partial charge < -0.3 is 14.6 Å². The summed E-state index contributed by atoms with van der Waals surface area (Å²) in [5.41, 5.74) is 1.27. The fourth-order valence-electron chi connectivity index (χ4n) is 2.99. The van der Waals surface area contributed by atoms with Crippen molar-refractivity contribution >= 4 is 29.1 Å². The van der Waals surface area contributed by atoms with E-state index in [9.17, 15) is 5.26 Å². The van der Waals surface area contributed by atoms with E-state index in [0.29, 0.717) is 17.5 Å². The number of benzene rings is 2. The lowest BCUT2D eigenvalue weighted by molar-refractivity contribution is 0.512. The lowest BCUT2D eigenvalue weighted by Crippen LogP contribution is -2.43. The number of aromatic nitrogens is 1. The van der Waals surface area contributed by atoms with Crippen LogP contribution in [0.5, 0.6) is 0 Å². The Bertz CT molecular complexity index is 888. The molecule has 0 aliphatic carbocycles. The summed E-state index contributed by atoms with van der Waals surface area (Å²) < 4.78 is 6.00. The van der Waals surface area contributed by atoms with Gasteiger partial charge >= 0.3 is 0 Å². The van der Waals surface area contributed by atoms with Crippen LogP contribution in [0.4, 0.5) is 5.88 Å². The SMILES string of the molecule is Cl.N#Cc1nc(-c2cccc3ccccc23)oc1N1CCNCC1. The molecular weight excluding hydrogens is 324 g/mol. The summed E-state index contributed by atoms with van der Waals surface area (Å²) in [7, 11) is 0. The van der Waals surface area contributed by atoms with Gasteiger partial charge in [0.25, 0.3) is 0 Å². The van der Waals surface area contributed by atoms with Crippen LogP contribution in [0, 0.1) is 11.3 Å². The first-order valence-corrected chi connectivity index (χ1v) is 7.71. The van der Waals surface area contributed by atoms with Gasteiger partial charge in [-0.2, -0.15) is 10.2 Å². The summed E-state index contributed by atoms with van der Waals surface area (Å²) >= 11 is 0. The van der Waals surface area contributed by atoms with Crippen molar-refractivity contribution in [2.24, 2.45) is 0 Å². The quantitative estimate of drug-likeness (QED) is 0.776. The Kier molecular flexibility index (Phi) is 4.70. The summed E-state index contributed by atoms with van der Waals surface area (Å²) in [6, 6.07) is 16.3. The molecular formula is C18H17ClN4O. The average Bonchev–Trinajstić information content (AvgIpc) is 3.06. The summed E-state index contributed by atoms with van der Waals surface area (Å²) in [6.07, 6.45) is 0. The zero-order chi connectivity index (χ0) is 15.6. The van der Waals surface area contributed by atoms with Crippen LogP contribution < -0.4 is 10.2 Å². The molecule has 1 N–H and O–H groups in total. The molecule has 0 unspecified atom stereocenters. The van der Waals surface area contributed by atoms with Crippen LogP contribution in [0.3, 0.4) is 0 Å². The number of fused-ring (bicyclic) bond motifs is 1. The van der Waals surface area contributed by atoms with Gasteiger partial charge in [0.05, 0.1) is 0 Å². The Hall–Kier alpha value is -2.55. The normalized spacial score (nSPS) is 14.2. The summed E-state index contributed by atoms with van der Waals surface area (Å²) in [6.45, 7) is 3.40. The molecule has 2 aromatic carbocycles. The van der Waals surface area contributed by atoms with Gasteiger partial charge in [-0.25, -0.2) is 0 Å². The minimum Gasteiger partial charge on any atom is -0.419 e. The molecule has 1 aliphatic heterocycles. The van der Waals surface area contributed by atoms with Crippen LogP contribution in [0.2, 0.25) is 0 Å². The third kappa shape index (κ3) is 2.82. The molecule has 0 radical (unpaired) electrons. The zero-order valence-electron chi connectivity index (χ0n) is 13.0. The van der Waals surface area contributed by atoms with Crippen molar-refractivity contribution in [3.63, 3.8) is 0 Å². The second-order valence-electron chi connectivity index (χ2n) is 5.55. The summed E-state index contributed by atoms with van der Waals surface area (Å²) in [5, 5.41) is 14.9.